The van der Waals surface area contributed by atoms with Crippen LogP contribution in [0, 0.1) is 20.8 Å². The standard InChI is InChI=1S/C30H32N4O4S/c1-6-37-14-15-38-24-9-7-8-23(16-24)21-10-12-22(13-11-21)28-27-18(2)19(3)39-30(27)34-20(4)32-33-29(34)25(31-28)17-26(35)36-5/h7-13,16,25H,6,14-15,17H2,1-5H3/t25-/m0/s1. The molecular weight excluding hydrogens is 512 g/mol. The number of thiophene rings is 1. The summed E-state index contributed by atoms with van der Waals surface area (Å²) in [6, 6.07) is 15.9. The van der Waals surface area contributed by atoms with Crippen molar-refractivity contribution in [3.8, 4) is 21.9 Å². The Hall–Kier alpha value is -3.82. The lowest BCUT2D eigenvalue weighted by Crippen LogP contribution is -2.12. The summed E-state index contributed by atoms with van der Waals surface area (Å²) in [5, 5.41) is 9.77. The predicted octanol–water partition coefficient (Wildman–Crippen LogP) is 5.79. The van der Waals surface area contributed by atoms with Crippen LogP contribution in [0.15, 0.2) is 53.5 Å². The van der Waals surface area contributed by atoms with Crippen molar-refractivity contribution < 1.29 is 19.0 Å². The van der Waals surface area contributed by atoms with E-state index in [0.29, 0.717) is 25.6 Å². The number of carbonyl (C=O) groups is 1. The van der Waals surface area contributed by atoms with Gasteiger partial charge >= 0.3 is 5.97 Å². The molecule has 202 valence electrons. The Morgan fingerprint density at radius 1 is 1.00 bits per heavy atom. The first-order valence-corrected chi connectivity index (χ1v) is 13.8. The number of carbonyl (C=O) groups excluding carboxylic acids is 1. The smallest absolute Gasteiger partial charge is 0.308 e. The van der Waals surface area contributed by atoms with Gasteiger partial charge in [0.2, 0.25) is 0 Å². The number of aliphatic imine (C=N–C) groups is 1. The summed E-state index contributed by atoms with van der Waals surface area (Å²) in [7, 11) is 1.39. The van der Waals surface area contributed by atoms with Crippen LogP contribution in [0.4, 0.5) is 0 Å². The van der Waals surface area contributed by atoms with Crippen LogP contribution < -0.4 is 4.74 Å². The van der Waals surface area contributed by atoms with Crippen LogP contribution in [-0.4, -0.2) is 53.4 Å². The van der Waals surface area contributed by atoms with Crippen molar-refractivity contribution in [2.45, 2.75) is 40.2 Å². The second-order valence-electron chi connectivity index (χ2n) is 9.33. The van der Waals surface area contributed by atoms with Gasteiger partial charge in [0, 0.05) is 22.6 Å². The molecule has 5 rings (SSSR count). The highest BCUT2D eigenvalue weighted by Crippen LogP contribution is 2.39. The fraction of sp³-hybridized carbons (Fsp3) is 0.333. The minimum Gasteiger partial charge on any atom is -0.491 e. The Morgan fingerprint density at radius 2 is 1.77 bits per heavy atom. The second-order valence-corrected chi connectivity index (χ2v) is 10.5. The van der Waals surface area contributed by atoms with Crippen molar-refractivity contribution >= 4 is 23.0 Å². The maximum atomic E-state index is 12.3. The first kappa shape index (κ1) is 26.8. The Labute approximate surface area is 232 Å². The minimum atomic E-state index is -0.516. The van der Waals surface area contributed by atoms with E-state index in [2.05, 4.69) is 54.4 Å². The van der Waals surface area contributed by atoms with Crippen LogP contribution in [0.5, 0.6) is 5.75 Å². The number of ether oxygens (including phenoxy) is 3. The molecule has 3 heterocycles. The number of fused-ring (bicyclic) bond motifs is 3. The molecule has 0 fully saturated rings. The monoisotopic (exact) mass is 544 g/mol. The minimum absolute atomic E-state index is 0.0826. The van der Waals surface area contributed by atoms with Crippen molar-refractivity contribution in [3.63, 3.8) is 0 Å². The number of nitrogens with zero attached hydrogens (tertiary/aromatic N) is 4. The zero-order valence-electron chi connectivity index (χ0n) is 22.9. The number of benzene rings is 2. The molecule has 0 bridgehead atoms. The van der Waals surface area contributed by atoms with E-state index in [1.807, 2.05) is 36.6 Å². The van der Waals surface area contributed by atoms with Crippen LogP contribution in [0.2, 0.25) is 0 Å². The number of hydrogen-bond donors (Lipinski definition) is 0. The van der Waals surface area contributed by atoms with E-state index < -0.39 is 6.04 Å². The summed E-state index contributed by atoms with van der Waals surface area (Å²) in [5.74, 6) is 1.88. The molecule has 8 nitrogen and oxygen atoms in total. The van der Waals surface area contributed by atoms with E-state index in [4.69, 9.17) is 19.2 Å². The zero-order chi connectivity index (χ0) is 27.5. The lowest BCUT2D eigenvalue weighted by molar-refractivity contribution is -0.141. The topological polar surface area (TPSA) is 87.8 Å². The molecule has 0 N–H and O–H groups in total. The first-order valence-electron chi connectivity index (χ1n) is 13.0. The van der Waals surface area contributed by atoms with E-state index in [0.717, 1.165) is 50.1 Å². The maximum Gasteiger partial charge on any atom is 0.308 e. The molecule has 39 heavy (non-hydrogen) atoms. The normalized spacial score (nSPS) is 14.3. The quantitative estimate of drug-likeness (QED) is 0.196. The maximum absolute atomic E-state index is 12.3. The van der Waals surface area contributed by atoms with Crippen LogP contribution in [0.25, 0.3) is 16.1 Å². The summed E-state index contributed by atoms with van der Waals surface area (Å²) < 4.78 is 18.2. The highest BCUT2D eigenvalue weighted by molar-refractivity contribution is 7.15. The third kappa shape index (κ3) is 5.37. The molecule has 0 unspecified atom stereocenters. The van der Waals surface area contributed by atoms with Crippen molar-refractivity contribution in [2.24, 2.45) is 4.99 Å². The summed E-state index contributed by atoms with van der Waals surface area (Å²) in [4.78, 5) is 18.7. The van der Waals surface area contributed by atoms with Gasteiger partial charge in [-0.15, -0.1) is 21.5 Å². The Morgan fingerprint density at radius 3 is 2.51 bits per heavy atom. The summed E-state index contributed by atoms with van der Waals surface area (Å²) in [6.45, 7) is 9.88. The van der Waals surface area contributed by atoms with Gasteiger partial charge in [-0.05, 0) is 56.5 Å². The van der Waals surface area contributed by atoms with E-state index >= 15 is 0 Å². The molecule has 4 aromatic rings. The van der Waals surface area contributed by atoms with Gasteiger partial charge in [-0.2, -0.15) is 0 Å². The summed E-state index contributed by atoms with van der Waals surface area (Å²) in [6.07, 6.45) is 0.0826. The molecule has 0 amide bonds. The molecule has 0 radical (unpaired) electrons. The largest absolute Gasteiger partial charge is 0.491 e. The average molecular weight is 545 g/mol. The number of aromatic nitrogens is 3. The molecule has 0 spiro atoms. The second kappa shape index (κ2) is 11.5. The van der Waals surface area contributed by atoms with E-state index in [9.17, 15) is 4.79 Å². The van der Waals surface area contributed by atoms with Gasteiger partial charge in [0.05, 0.1) is 25.8 Å². The molecule has 1 aliphatic rings. The van der Waals surface area contributed by atoms with E-state index in [1.54, 1.807) is 11.3 Å². The fourth-order valence-corrected chi connectivity index (χ4v) is 5.93. The molecule has 0 aliphatic carbocycles. The fourth-order valence-electron chi connectivity index (χ4n) is 4.71. The van der Waals surface area contributed by atoms with Crippen LogP contribution in [0.3, 0.4) is 0 Å². The number of hydrogen-bond acceptors (Lipinski definition) is 8. The van der Waals surface area contributed by atoms with Crippen LogP contribution in [0.1, 0.15) is 52.6 Å². The van der Waals surface area contributed by atoms with Crippen molar-refractivity contribution in [2.75, 3.05) is 26.9 Å². The number of rotatable bonds is 9. The number of aryl methyl sites for hydroxylation is 2. The van der Waals surface area contributed by atoms with Gasteiger partial charge in [0.25, 0.3) is 0 Å². The van der Waals surface area contributed by atoms with Gasteiger partial charge in [0.15, 0.2) is 5.82 Å². The SMILES string of the molecule is CCOCCOc1cccc(-c2ccc(C3=N[C@@H](CC(=O)OC)c4nnc(C)n4-c4sc(C)c(C)c43)cc2)c1. The van der Waals surface area contributed by atoms with Crippen molar-refractivity contribution in [1.29, 1.82) is 0 Å². The van der Waals surface area contributed by atoms with Gasteiger partial charge in [0.1, 0.15) is 29.2 Å². The third-order valence-corrected chi connectivity index (χ3v) is 8.05. The van der Waals surface area contributed by atoms with Crippen molar-refractivity contribution in [3.05, 3.63) is 81.7 Å². The van der Waals surface area contributed by atoms with Crippen LogP contribution >= 0.6 is 11.3 Å². The number of esters is 1. The summed E-state index contributed by atoms with van der Waals surface area (Å²) in [5.41, 5.74) is 6.15. The zero-order valence-corrected chi connectivity index (χ0v) is 23.7. The molecule has 0 saturated carbocycles. The Balaban J connectivity index is 1.53. The van der Waals surface area contributed by atoms with Gasteiger partial charge < -0.3 is 14.2 Å². The number of methoxy groups -OCH3 is 1. The molecule has 1 aliphatic heterocycles. The predicted molar refractivity (Wildman–Crippen MR) is 152 cm³/mol. The first-order chi connectivity index (χ1) is 18.9. The third-order valence-electron chi connectivity index (χ3n) is 6.85. The van der Waals surface area contributed by atoms with Crippen molar-refractivity contribution in [1.82, 2.24) is 14.8 Å². The Kier molecular flexibility index (Phi) is 7.90. The van der Waals surface area contributed by atoms with E-state index in [-0.39, 0.29) is 12.4 Å². The molecule has 9 heteroatoms. The molecule has 2 aromatic carbocycles. The van der Waals surface area contributed by atoms with Gasteiger partial charge in [-0.1, -0.05) is 36.4 Å². The Bertz CT molecular complexity index is 1520. The molecule has 2 aromatic heterocycles. The van der Waals surface area contributed by atoms with Crippen LogP contribution in [-0.2, 0) is 14.3 Å². The lowest BCUT2D eigenvalue weighted by atomic mass is 9.97. The molecule has 0 saturated heterocycles. The van der Waals surface area contributed by atoms with Gasteiger partial charge in [-0.3, -0.25) is 14.4 Å². The summed E-state index contributed by atoms with van der Waals surface area (Å²) >= 11 is 1.69. The average Bonchev–Trinajstić information content (AvgIpc) is 3.43. The van der Waals surface area contributed by atoms with E-state index in [1.165, 1.54) is 12.0 Å². The lowest BCUT2D eigenvalue weighted by Gasteiger charge is -2.12. The highest BCUT2D eigenvalue weighted by atomic mass is 32.1. The highest BCUT2D eigenvalue weighted by Gasteiger charge is 2.32. The molecular formula is C30H32N4O4S. The molecule has 1 atom stereocenters. The van der Waals surface area contributed by atoms with Gasteiger partial charge in [-0.25, -0.2) is 0 Å².